The van der Waals surface area contributed by atoms with Gasteiger partial charge in [0.15, 0.2) is 46.7 Å². The fourth-order valence-corrected chi connectivity index (χ4v) is 8.94. The largest absolute Gasteiger partial charge is 0.508 e. The average Bonchev–Trinajstić information content (AvgIpc) is 3.22. The van der Waals surface area contributed by atoms with E-state index in [9.17, 15) is 76.6 Å². The van der Waals surface area contributed by atoms with E-state index in [4.69, 9.17) is 14.2 Å². The van der Waals surface area contributed by atoms with E-state index in [0.29, 0.717) is 0 Å². The van der Waals surface area contributed by atoms with Gasteiger partial charge < -0.3 is 90.8 Å². The third-order valence-electron chi connectivity index (χ3n) is 11.8. The minimum atomic E-state index is -1.90. The molecule has 2 unspecified atom stereocenters. The minimum absolute atomic E-state index is 0.0127. The Morgan fingerprint density at radius 1 is 0.365 bits per heavy atom. The maximum Gasteiger partial charge on any atom is 0.157 e. The molecule has 0 saturated carbocycles. The number of aliphatic hydroxyl groups is 3. The van der Waals surface area contributed by atoms with Crippen LogP contribution in [0.2, 0.25) is 0 Å². The molecule has 0 aliphatic carbocycles. The summed E-state index contributed by atoms with van der Waals surface area (Å²) in [6, 6.07) is 14.4. The number of aromatic hydroxyl groups is 12. The number of phenolic OH excluding ortho intramolecular Hbond substituents is 12. The second-order valence-electron chi connectivity index (χ2n) is 15.7. The van der Waals surface area contributed by atoms with Gasteiger partial charge in [0.25, 0.3) is 0 Å². The average molecular weight is 867 g/mol. The molecule has 15 N–H and O–H groups in total. The van der Waals surface area contributed by atoms with Crippen molar-refractivity contribution >= 4 is 0 Å². The van der Waals surface area contributed by atoms with E-state index in [0.717, 1.165) is 60.7 Å². The van der Waals surface area contributed by atoms with Crippen LogP contribution in [0.3, 0.4) is 0 Å². The molecule has 18 nitrogen and oxygen atoms in total. The Bertz CT molecular complexity index is 2840. The molecule has 6 aromatic rings. The highest BCUT2D eigenvalue weighted by molar-refractivity contribution is 5.70. The van der Waals surface area contributed by atoms with E-state index >= 15 is 0 Å². The molecule has 0 saturated heterocycles. The van der Waals surface area contributed by atoms with Crippen molar-refractivity contribution in [2.75, 3.05) is 0 Å². The first-order valence-corrected chi connectivity index (χ1v) is 19.3. The van der Waals surface area contributed by atoms with Crippen molar-refractivity contribution in [2.24, 2.45) is 0 Å². The second-order valence-corrected chi connectivity index (χ2v) is 15.7. The molecule has 326 valence electrons. The Balaban J connectivity index is 1.31. The number of rotatable bonds is 5. The molecular weight excluding hydrogens is 828 g/mol. The Morgan fingerprint density at radius 2 is 0.778 bits per heavy atom. The molecule has 0 spiro atoms. The van der Waals surface area contributed by atoms with Crippen LogP contribution in [0.25, 0.3) is 0 Å². The van der Waals surface area contributed by atoms with Gasteiger partial charge in [-0.15, -0.1) is 0 Å². The van der Waals surface area contributed by atoms with Gasteiger partial charge >= 0.3 is 0 Å². The molecule has 3 heterocycles. The van der Waals surface area contributed by atoms with E-state index in [2.05, 4.69) is 0 Å². The zero-order valence-corrected chi connectivity index (χ0v) is 32.3. The number of hydrogen-bond donors (Lipinski definition) is 15. The highest BCUT2D eigenvalue weighted by Gasteiger charge is 2.51. The lowest BCUT2D eigenvalue weighted by molar-refractivity contribution is -0.00562. The summed E-state index contributed by atoms with van der Waals surface area (Å²) in [5.41, 5.74) is -1.10. The number of aliphatic hydroxyl groups excluding tert-OH is 3. The molecule has 0 aromatic heterocycles. The third kappa shape index (κ3) is 6.46. The minimum Gasteiger partial charge on any atom is -0.508 e. The van der Waals surface area contributed by atoms with Gasteiger partial charge in [0.2, 0.25) is 0 Å². The molecule has 9 rings (SSSR count). The molecule has 3 aliphatic rings. The highest BCUT2D eigenvalue weighted by atomic mass is 16.5. The van der Waals surface area contributed by atoms with Gasteiger partial charge in [0, 0.05) is 58.5 Å². The van der Waals surface area contributed by atoms with E-state index in [1.54, 1.807) is 0 Å². The Labute approximate surface area is 354 Å². The monoisotopic (exact) mass is 866 g/mol. The van der Waals surface area contributed by atoms with Gasteiger partial charge in [-0.25, -0.2) is 0 Å². The van der Waals surface area contributed by atoms with Crippen molar-refractivity contribution in [3.05, 3.63) is 123 Å². The SMILES string of the molecule is Oc1cc(O)c2c(c1)O[C@H](c1ccc(O)c(O)c1)[C@H](O)[C@H]2c1c(O)cc(O)c2c1OC(c1ccc(O)c(O)c1)[C@H](O)[C@H]2c1c(O)cc(O)c2c1OC(c1ccc(O)c(O)c1)[C@H](O)C2. The zero-order chi connectivity index (χ0) is 44.9. The van der Waals surface area contributed by atoms with Crippen LogP contribution in [-0.2, 0) is 6.42 Å². The van der Waals surface area contributed by atoms with Gasteiger partial charge in [-0.3, -0.25) is 0 Å². The Hall–Kier alpha value is -7.80. The van der Waals surface area contributed by atoms with Crippen molar-refractivity contribution in [1.82, 2.24) is 0 Å². The second kappa shape index (κ2) is 14.7. The molecular formula is C45H38O18. The number of phenols is 12. The van der Waals surface area contributed by atoms with Crippen LogP contribution in [-0.4, -0.2) is 94.9 Å². The number of benzene rings is 6. The van der Waals surface area contributed by atoms with Crippen LogP contribution in [0.4, 0.5) is 0 Å². The van der Waals surface area contributed by atoms with Crippen molar-refractivity contribution in [3.63, 3.8) is 0 Å². The van der Waals surface area contributed by atoms with E-state index in [1.807, 2.05) is 0 Å². The number of hydrogen-bond acceptors (Lipinski definition) is 18. The summed E-state index contributed by atoms with van der Waals surface area (Å²) in [4.78, 5) is 0. The van der Waals surface area contributed by atoms with Gasteiger partial charge in [0.1, 0.15) is 70.1 Å². The normalized spacial score (nSPS) is 23.6. The summed E-state index contributed by atoms with van der Waals surface area (Å²) in [6.45, 7) is 0. The summed E-state index contributed by atoms with van der Waals surface area (Å²) >= 11 is 0. The van der Waals surface area contributed by atoms with Crippen molar-refractivity contribution in [3.8, 4) is 86.2 Å². The van der Waals surface area contributed by atoms with Gasteiger partial charge in [-0.1, -0.05) is 18.2 Å². The first-order chi connectivity index (χ1) is 29.9. The molecule has 8 atom stereocenters. The van der Waals surface area contributed by atoms with Crippen LogP contribution in [0, 0.1) is 0 Å². The smallest absolute Gasteiger partial charge is 0.157 e. The van der Waals surface area contributed by atoms with Crippen LogP contribution in [0.1, 0.15) is 74.7 Å². The standard InChI is InChI=1S/C45H38O18/c46-18-10-27(54)33-32(11-18)61-42(16-2-5-21(48)25(52)8-16)39(59)37(33)35-29(56)14-30(57)36-38(40(60)43(63-45(35)36)17-3-6-22(49)26(53)9-17)34-28(55)13-23(50)19-12-31(58)41(62-44(19)34)15-1-4-20(47)24(51)7-15/h1-11,13-14,31,37-43,46-60H,12H2/t31-,37-,38+,39-,40-,41?,42-,43?/m1/s1. The lowest BCUT2D eigenvalue weighted by Gasteiger charge is -2.43. The summed E-state index contributed by atoms with van der Waals surface area (Å²) in [5, 5.41) is 166. The predicted molar refractivity (Wildman–Crippen MR) is 214 cm³/mol. The molecule has 18 heteroatoms. The molecule has 0 bridgehead atoms. The molecule has 0 amide bonds. The topological polar surface area (TPSA) is 331 Å². The van der Waals surface area contributed by atoms with E-state index in [-0.39, 0.29) is 62.4 Å². The van der Waals surface area contributed by atoms with E-state index < -0.39 is 123 Å². The molecule has 3 aliphatic heterocycles. The lowest BCUT2D eigenvalue weighted by Crippen LogP contribution is -2.39. The first kappa shape index (κ1) is 40.6. The number of fused-ring (bicyclic) bond motifs is 3. The zero-order valence-electron chi connectivity index (χ0n) is 32.3. The molecule has 63 heavy (non-hydrogen) atoms. The van der Waals surface area contributed by atoms with Crippen LogP contribution in [0.15, 0.2) is 78.9 Å². The highest BCUT2D eigenvalue weighted by Crippen LogP contribution is 2.62. The summed E-state index contributed by atoms with van der Waals surface area (Å²) in [6.07, 6.45) is -9.93. The molecule has 0 radical (unpaired) electrons. The Morgan fingerprint density at radius 3 is 1.29 bits per heavy atom. The fraction of sp³-hybridized carbons (Fsp3) is 0.200. The van der Waals surface area contributed by atoms with Gasteiger partial charge in [0.05, 0.1) is 17.9 Å². The summed E-state index contributed by atoms with van der Waals surface area (Å²) < 4.78 is 18.9. The van der Waals surface area contributed by atoms with Crippen LogP contribution in [0.5, 0.6) is 86.2 Å². The maximum absolute atomic E-state index is 12.5. The van der Waals surface area contributed by atoms with Gasteiger partial charge in [-0.2, -0.15) is 0 Å². The van der Waals surface area contributed by atoms with Crippen LogP contribution < -0.4 is 14.2 Å². The quantitative estimate of drug-likeness (QED) is 0.106. The fourth-order valence-electron chi connectivity index (χ4n) is 8.94. The Kier molecular flexibility index (Phi) is 9.46. The summed E-state index contributed by atoms with van der Waals surface area (Å²) in [7, 11) is 0. The maximum atomic E-state index is 12.5. The van der Waals surface area contributed by atoms with Crippen LogP contribution >= 0.6 is 0 Å². The van der Waals surface area contributed by atoms with Crippen molar-refractivity contribution in [2.45, 2.75) is 54.9 Å². The predicted octanol–water partition coefficient (Wildman–Crippen LogP) is 4.44. The van der Waals surface area contributed by atoms with Crippen molar-refractivity contribution < 1.29 is 90.8 Å². The van der Waals surface area contributed by atoms with E-state index in [1.165, 1.54) is 18.2 Å². The molecule has 6 aromatic carbocycles. The number of ether oxygens (including phenoxy) is 3. The first-order valence-electron chi connectivity index (χ1n) is 19.3. The lowest BCUT2D eigenvalue weighted by atomic mass is 9.73. The van der Waals surface area contributed by atoms with Gasteiger partial charge in [-0.05, 0) is 53.1 Å². The third-order valence-corrected chi connectivity index (χ3v) is 11.8. The summed E-state index contributed by atoms with van der Waals surface area (Å²) in [5.74, 6) is -11.5. The van der Waals surface area contributed by atoms with Crippen molar-refractivity contribution in [1.29, 1.82) is 0 Å². The molecule has 0 fully saturated rings.